The van der Waals surface area contributed by atoms with E-state index in [1.54, 1.807) is 12.1 Å². The summed E-state index contributed by atoms with van der Waals surface area (Å²) in [6.45, 7) is 1.96. The summed E-state index contributed by atoms with van der Waals surface area (Å²) in [7, 11) is 0. The molecule has 6 heteroatoms. The Morgan fingerprint density at radius 3 is 2.00 bits per heavy atom. The summed E-state index contributed by atoms with van der Waals surface area (Å²) in [5.74, 6) is -0.953. The third-order valence-corrected chi connectivity index (χ3v) is 4.76. The van der Waals surface area contributed by atoms with Crippen LogP contribution in [0.2, 0.25) is 0 Å². The number of halogens is 2. The molecular weight excluding hydrogens is 344 g/mol. The molecule has 0 unspecified atom stereocenters. The molecule has 0 atom stereocenters. The lowest BCUT2D eigenvalue weighted by Crippen LogP contribution is -2.30. The lowest BCUT2D eigenvalue weighted by atomic mass is 10.1. The van der Waals surface area contributed by atoms with E-state index in [0.717, 1.165) is 4.90 Å². The standard InChI is InChI=1S/C19H15F2NO2S/c1-2-25-17-16(13-5-9-15(21)10-6-13)18(23)22(19(17)24)11-12-3-7-14(20)8-4-12/h3-10H,2,11H2,1H3. The van der Waals surface area contributed by atoms with Crippen molar-refractivity contribution < 1.29 is 18.4 Å². The van der Waals surface area contributed by atoms with Crippen LogP contribution >= 0.6 is 11.8 Å². The molecule has 3 nitrogen and oxygen atoms in total. The second-order valence-corrected chi connectivity index (χ2v) is 6.74. The van der Waals surface area contributed by atoms with Gasteiger partial charge in [-0.2, -0.15) is 0 Å². The van der Waals surface area contributed by atoms with E-state index >= 15 is 0 Å². The van der Waals surface area contributed by atoms with Gasteiger partial charge < -0.3 is 0 Å². The van der Waals surface area contributed by atoms with E-state index in [1.807, 2.05) is 6.92 Å². The predicted octanol–water partition coefficient (Wildman–Crippen LogP) is 4.00. The quantitative estimate of drug-likeness (QED) is 0.758. The van der Waals surface area contributed by atoms with Crippen molar-refractivity contribution in [2.24, 2.45) is 0 Å². The molecule has 0 radical (unpaired) electrons. The number of amides is 2. The maximum Gasteiger partial charge on any atom is 0.268 e. The molecule has 0 bridgehead atoms. The van der Waals surface area contributed by atoms with Crippen LogP contribution < -0.4 is 0 Å². The Balaban J connectivity index is 1.95. The molecule has 2 amide bonds. The lowest BCUT2D eigenvalue weighted by molar-refractivity contribution is -0.137. The monoisotopic (exact) mass is 359 g/mol. The van der Waals surface area contributed by atoms with Crippen molar-refractivity contribution in [1.29, 1.82) is 0 Å². The van der Waals surface area contributed by atoms with Gasteiger partial charge in [0.1, 0.15) is 11.6 Å². The molecule has 3 rings (SSSR count). The average molecular weight is 359 g/mol. The molecule has 128 valence electrons. The fourth-order valence-corrected chi connectivity index (χ4v) is 3.49. The second-order valence-electron chi connectivity index (χ2n) is 5.47. The molecule has 0 saturated carbocycles. The summed E-state index contributed by atoms with van der Waals surface area (Å²) in [5.41, 5.74) is 1.46. The van der Waals surface area contributed by atoms with Crippen molar-refractivity contribution >= 4 is 29.1 Å². The number of imide groups is 1. The van der Waals surface area contributed by atoms with Gasteiger partial charge in [-0.1, -0.05) is 31.2 Å². The van der Waals surface area contributed by atoms with Crippen LogP contribution in [0, 0.1) is 11.6 Å². The van der Waals surface area contributed by atoms with Crippen LogP contribution in [-0.2, 0) is 16.1 Å². The Morgan fingerprint density at radius 2 is 1.44 bits per heavy atom. The highest BCUT2D eigenvalue weighted by Gasteiger charge is 2.38. The first-order valence-corrected chi connectivity index (χ1v) is 8.73. The number of thioether (sulfide) groups is 1. The van der Waals surface area contributed by atoms with Gasteiger partial charge in [0.2, 0.25) is 0 Å². The van der Waals surface area contributed by atoms with Gasteiger partial charge >= 0.3 is 0 Å². The SMILES string of the molecule is CCSC1=C(c2ccc(F)cc2)C(=O)N(Cc2ccc(F)cc2)C1=O. The molecule has 0 saturated heterocycles. The first-order chi connectivity index (χ1) is 12.0. The minimum atomic E-state index is -0.420. The van der Waals surface area contributed by atoms with E-state index in [4.69, 9.17) is 0 Å². The van der Waals surface area contributed by atoms with Gasteiger partial charge in [0, 0.05) is 0 Å². The molecule has 0 fully saturated rings. The Kier molecular flexibility index (Phi) is 4.99. The fraction of sp³-hybridized carbons (Fsp3) is 0.158. The zero-order valence-corrected chi connectivity index (χ0v) is 14.3. The van der Waals surface area contributed by atoms with Gasteiger partial charge in [0.25, 0.3) is 11.8 Å². The Morgan fingerprint density at radius 1 is 0.880 bits per heavy atom. The Bertz CT molecular complexity index is 845. The highest BCUT2D eigenvalue weighted by molar-refractivity contribution is 8.04. The molecule has 1 aliphatic rings. The summed E-state index contributed by atoms with van der Waals surface area (Å²) in [4.78, 5) is 27.0. The number of hydrogen-bond acceptors (Lipinski definition) is 3. The summed E-state index contributed by atoms with van der Waals surface area (Å²) in [5, 5.41) is 0. The third-order valence-electron chi connectivity index (χ3n) is 3.80. The highest BCUT2D eigenvalue weighted by Crippen LogP contribution is 2.36. The second kappa shape index (κ2) is 7.19. The van der Waals surface area contributed by atoms with Gasteiger partial charge in [-0.05, 0) is 41.1 Å². The lowest BCUT2D eigenvalue weighted by Gasteiger charge is -2.15. The molecule has 25 heavy (non-hydrogen) atoms. The van der Waals surface area contributed by atoms with E-state index in [0.29, 0.717) is 27.4 Å². The van der Waals surface area contributed by atoms with E-state index in [2.05, 4.69) is 0 Å². The number of carbonyl (C=O) groups is 2. The molecule has 0 aromatic heterocycles. The van der Waals surface area contributed by atoms with Crippen LogP contribution in [-0.4, -0.2) is 22.5 Å². The van der Waals surface area contributed by atoms with Crippen LogP contribution in [0.25, 0.3) is 5.57 Å². The molecule has 0 aliphatic carbocycles. The van der Waals surface area contributed by atoms with Crippen molar-refractivity contribution in [2.75, 3.05) is 5.75 Å². The number of rotatable bonds is 5. The van der Waals surface area contributed by atoms with Gasteiger partial charge in [0.05, 0.1) is 17.0 Å². The minimum Gasteiger partial charge on any atom is -0.269 e. The summed E-state index contributed by atoms with van der Waals surface area (Å²) in [6.07, 6.45) is 0. The van der Waals surface area contributed by atoms with Crippen LogP contribution in [0.15, 0.2) is 53.4 Å². The van der Waals surface area contributed by atoms with Gasteiger partial charge in [-0.15, -0.1) is 11.8 Å². The molecule has 1 aliphatic heterocycles. The summed E-state index contributed by atoms with van der Waals surface area (Å²) >= 11 is 1.29. The van der Waals surface area contributed by atoms with E-state index in [1.165, 1.54) is 48.2 Å². The van der Waals surface area contributed by atoms with Crippen LogP contribution in [0.1, 0.15) is 18.1 Å². The van der Waals surface area contributed by atoms with Crippen molar-refractivity contribution in [3.63, 3.8) is 0 Å². The number of carbonyl (C=O) groups excluding carboxylic acids is 2. The Labute approximate surface area is 148 Å². The normalized spacial score (nSPS) is 14.6. The maximum absolute atomic E-state index is 13.2. The molecule has 0 N–H and O–H groups in total. The first-order valence-electron chi connectivity index (χ1n) is 7.75. The molecule has 1 heterocycles. The number of nitrogens with zero attached hydrogens (tertiary/aromatic N) is 1. The van der Waals surface area contributed by atoms with Gasteiger partial charge in [0.15, 0.2) is 0 Å². The fourth-order valence-electron chi connectivity index (χ4n) is 2.62. The van der Waals surface area contributed by atoms with Crippen molar-refractivity contribution in [1.82, 2.24) is 4.90 Å². The summed E-state index contributed by atoms with van der Waals surface area (Å²) < 4.78 is 26.2. The van der Waals surface area contributed by atoms with Crippen molar-refractivity contribution in [3.05, 3.63) is 76.2 Å². The topological polar surface area (TPSA) is 37.4 Å². The minimum absolute atomic E-state index is 0.0659. The van der Waals surface area contributed by atoms with Gasteiger partial charge in [-0.25, -0.2) is 8.78 Å². The number of benzene rings is 2. The zero-order chi connectivity index (χ0) is 18.0. The maximum atomic E-state index is 13.2. The van der Waals surface area contributed by atoms with Crippen molar-refractivity contribution in [2.45, 2.75) is 13.5 Å². The van der Waals surface area contributed by atoms with Crippen LogP contribution in [0.4, 0.5) is 8.78 Å². The van der Waals surface area contributed by atoms with E-state index in [-0.39, 0.29) is 18.3 Å². The Hall–Kier alpha value is -2.47. The van der Waals surface area contributed by atoms with Crippen molar-refractivity contribution in [3.8, 4) is 0 Å². The molecule has 0 spiro atoms. The first kappa shape index (κ1) is 17.4. The van der Waals surface area contributed by atoms with Crippen LogP contribution in [0.5, 0.6) is 0 Å². The smallest absolute Gasteiger partial charge is 0.268 e. The van der Waals surface area contributed by atoms with E-state index < -0.39 is 11.7 Å². The number of hydrogen-bond donors (Lipinski definition) is 0. The summed E-state index contributed by atoms with van der Waals surface area (Å²) in [6, 6.07) is 11.2. The zero-order valence-electron chi connectivity index (χ0n) is 13.5. The predicted molar refractivity (Wildman–Crippen MR) is 93.4 cm³/mol. The van der Waals surface area contributed by atoms with E-state index in [9.17, 15) is 18.4 Å². The molecule has 2 aromatic carbocycles. The highest BCUT2D eigenvalue weighted by atomic mass is 32.2. The molecular formula is C19H15F2NO2S. The largest absolute Gasteiger partial charge is 0.269 e. The third kappa shape index (κ3) is 3.49. The average Bonchev–Trinajstić information content (AvgIpc) is 2.83. The van der Waals surface area contributed by atoms with Gasteiger partial charge in [-0.3, -0.25) is 14.5 Å². The molecule has 2 aromatic rings. The van der Waals surface area contributed by atoms with Crippen LogP contribution in [0.3, 0.4) is 0 Å².